The molecule has 1 amide bonds. The van der Waals surface area contributed by atoms with Crippen LogP contribution in [-0.4, -0.2) is 35.4 Å². The second-order valence-electron chi connectivity index (χ2n) is 4.16. The molecule has 4 nitrogen and oxygen atoms in total. The molecule has 0 spiro atoms. The van der Waals surface area contributed by atoms with Crippen LogP contribution < -0.4 is 5.32 Å². The Morgan fingerprint density at radius 3 is 2.88 bits per heavy atom. The zero-order chi connectivity index (χ0) is 12.1. The average Bonchev–Trinajstić information content (AvgIpc) is 2.82. The third-order valence-corrected chi connectivity index (χ3v) is 3.27. The van der Waals surface area contributed by atoms with Gasteiger partial charge in [-0.1, -0.05) is 0 Å². The summed E-state index contributed by atoms with van der Waals surface area (Å²) in [6, 6.07) is 1.95. The highest BCUT2D eigenvalue weighted by molar-refractivity contribution is 9.10. The van der Waals surface area contributed by atoms with E-state index < -0.39 is 0 Å². The van der Waals surface area contributed by atoms with Crippen LogP contribution in [0.15, 0.2) is 22.9 Å². The van der Waals surface area contributed by atoms with Gasteiger partial charge in [0.1, 0.15) is 0 Å². The van der Waals surface area contributed by atoms with Crippen LogP contribution >= 0.6 is 15.9 Å². The molecule has 5 heteroatoms. The minimum Gasteiger partial charge on any atom is -0.383 e. The summed E-state index contributed by atoms with van der Waals surface area (Å²) >= 11 is 3.36. The first-order valence-electron chi connectivity index (χ1n) is 5.88. The number of likely N-dealkylation sites (tertiary alicyclic amines) is 1. The molecule has 0 atom stereocenters. The summed E-state index contributed by atoms with van der Waals surface area (Å²) in [5.41, 5.74) is 0.939. The fourth-order valence-corrected chi connectivity index (χ4v) is 2.31. The number of hydrogen-bond acceptors (Lipinski definition) is 3. The number of pyridine rings is 1. The number of carbonyl (C=O) groups excluding carboxylic acids is 1. The molecule has 1 aromatic heterocycles. The number of carbonyl (C=O) groups is 1. The van der Waals surface area contributed by atoms with E-state index in [4.69, 9.17) is 0 Å². The number of hydrogen-bond donors (Lipinski definition) is 1. The standard InChI is InChI=1S/C12H16BrN3O/c13-10-7-11(9-14-8-10)15-4-3-12(17)16-5-1-2-6-16/h7-9,15H,1-6H2. The first-order chi connectivity index (χ1) is 8.25. The molecule has 2 rings (SSSR count). The molecular weight excluding hydrogens is 282 g/mol. The molecule has 1 saturated heterocycles. The van der Waals surface area contributed by atoms with Gasteiger partial charge in [0.15, 0.2) is 0 Å². The second-order valence-corrected chi connectivity index (χ2v) is 5.07. The zero-order valence-electron chi connectivity index (χ0n) is 9.66. The highest BCUT2D eigenvalue weighted by Gasteiger charge is 2.16. The smallest absolute Gasteiger partial charge is 0.224 e. The van der Waals surface area contributed by atoms with Crippen LogP contribution in [0.3, 0.4) is 0 Å². The van der Waals surface area contributed by atoms with Crippen molar-refractivity contribution in [2.75, 3.05) is 25.0 Å². The Morgan fingerprint density at radius 2 is 2.18 bits per heavy atom. The monoisotopic (exact) mass is 297 g/mol. The Hall–Kier alpha value is -1.10. The van der Waals surface area contributed by atoms with Crippen LogP contribution in [0.1, 0.15) is 19.3 Å². The number of amides is 1. The number of anilines is 1. The molecule has 17 heavy (non-hydrogen) atoms. The van der Waals surface area contributed by atoms with Crippen molar-refractivity contribution in [3.63, 3.8) is 0 Å². The van der Waals surface area contributed by atoms with Crippen LogP contribution in [0.4, 0.5) is 5.69 Å². The van der Waals surface area contributed by atoms with E-state index in [9.17, 15) is 4.79 Å². The van der Waals surface area contributed by atoms with Crippen molar-refractivity contribution >= 4 is 27.5 Å². The van der Waals surface area contributed by atoms with Gasteiger partial charge in [-0.2, -0.15) is 0 Å². The van der Waals surface area contributed by atoms with Crippen molar-refractivity contribution in [1.29, 1.82) is 0 Å². The molecule has 0 aromatic carbocycles. The van der Waals surface area contributed by atoms with Gasteiger partial charge in [0.25, 0.3) is 0 Å². The lowest BCUT2D eigenvalue weighted by atomic mass is 10.3. The maximum absolute atomic E-state index is 11.8. The molecule has 0 saturated carbocycles. The Labute approximate surface area is 110 Å². The lowest BCUT2D eigenvalue weighted by Crippen LogP contribution is -2.29. The lowest BCUT2D eigenvalue weighted by molar-refractivity contribution is -0.129. The molecule has 0 bridgehead atoms. The topological polar surface area (TPSA) is 45.2 Å². The Bertz CT molecular complexity index is 391. The van der Waals surface area contributed by atoms with E-state index in [0.717, 1.165) is 36.1 Å². The van der Waals surface area contributed by atoms with Gasteiger partial charge in [0.05, 0.1) is 11.9 Å². The van der Waals surface area contributed by atoms with E-state index in [2.05, 4.69) is 26.2 Å². The van der Waals surface area contributed by atoms with Gasteiger partial charge in [-0.25, -0.2) is 0 Å². The molecule has 0 radical (unpaired) electrons. The maximum atomic E-state index is 11.8. The number of aromatic nitrogens is 1. The fraction of sp³-hybridized carbons (Fsp3) is 0.500. The first kappa shape index (κ1) is 12.4. The molecule has 2 heterocycles. The molecule has 1 aromatic rings. The van der Waals surface area contributed by atoms with Crippen molar-refractivity contribution in [3.05, 3.63) is 22.9 Å². The number of halogens is 1. The van der Waals surface area contributed by atoms with Crippen molar-refractivity contribution in [1.82, 2.24) is 9.88 Å². The van der Waals surface area contributed by atoms with Crippen LogP contribution in [0.5, 0.6) is 0 Å². The van der Waals surface area contributed by atoms with Crippen molar-refractivity contribution in [2.45, 2.75) is 19.3 Å². The summed E-state index contributed by atoms with van der Waals surface area (Å²) in [7, 11) is 0. The van der Waals surface area contributed by atoms with Crippen molar-refractivity contribution in [2.24, 2.45) is 0 Å². The van der Waals surface area contributed by atoms with Crippen molar-refractivity contribution < 1.29 is 4.79 Å². The second kappa shape index (κ2) is 6.00. The number of nitrogens with one attached hydrogen (secondary N) is 1. The van der Waals surface area contributed by atoms with Gasteiger partial charge in [-0.05, 0) is 34.8 Å². The molecule has 1 N–H and O–H groups in total. The SMILES string of the molecule is O=C(CCNc1cncc(Br)c1)N1CCCC1. The third kappa shape index (κ3) is 3.70. The largest absolute Gasteiger partial charge is 0.383 e. The quantitative estimate of drug-likeness (QED) is 0.927. The Morgan fingerprint density at radius 1 is 1.41 bits per heavy atom. The van der Waals surface area contributed by atoms with Gasteiger partial charge >= 0.3 is 0 Å². The molecule has 0 unspecified atom stereocenters. The van der Waals surface area contributed by atoms with E-state index in [1.165, 1.54) is 0 Å². The molecule has 92 valence electrons. The summed E-state index contributed by atoms with van der Waals surface area (Å²) in [4.78, 5) is 17.8. The van der Waals surface area contributed by atoms with E-state index >= 15 is 0 Å². The van der Waals surface area contributed by atoms with Crippen LogP contribution in [0.2, 0.25) is 0 Å². The minimum absolute atomic E-state index is 0.248. The highest BCUT2D eigenvalue weighted by atomic mass is 79.9. The molecule has 1 aliphatic heterocycles. The molecule has 1 fully saturated rings. The summed E-state index contributed by atoms with van der Waals surface area (Å²) in [5.74, 6) is 0.248. The van der Waals surface area contributed by atoms with E-state index in [0.29, 0.717) is 13.0 Å². The number of rotatable bonds is 4. The zero-order valence-corrected chi connectivity index (χ0v) is 11.2. The average molecular weight is 298 g/mol. The first-order valence-corrected chi connectivity index (χ1v) is 6.67. The van der Waals surface area contributed by atoms with E-state index in [1.54, 1.807) is 12.4 Å². The maximum Gasteiger partial charge on any atom is 0.224 e. The normalized spacial score (nSPS) is 15.0. The number of nitrogens with zero attached hydrogens (tertiary/aromatic N) is 2. The highest BCUT2D eigenvalue weighted by Crippen LogP contribution is 2.14. The Kier molecular flexibility index (Phi) is 4.36. The van der Waals surface area contributed by atoms with E-state index in [1.807, 2.05) is 11.0 Å². The Balaban J connectivity index is 1.73. The summed E-state index contributed by atoms with van der Waals surface area (Å²) in [6.45, 7) is 2.52. The summed E-state index contributed by atoms with van der Waals surface area (Å²) < 4.78 is 0.938. The van der Waals surface area contributed by atoms with Crippen LogP contribution in [0.25, 0.3) is 0 Å². The van der Waals surface area contributed by atoms with Gasteiger partial charge in [-0.3, -0.25) is 9.78 Å². The third-order valence-electron chi connectivity index (χ3n) is 2.83. The van der Waals surface area contributed by atoms with E-state index in [-0.39, 0.29) is 5.91 Å². The predicted octanol–water partition coefficient (Wildman–Crippen LogP) is 2.27. The van der Waals surface area contributed by atoms with Gasteiger partial charge in [0.2, 0.25) is 5.91 Å². The summed E-state index contributed by atoms with van der Waals surface area (Å²) in [5, 5.41) is 3.20. The van der Waals surface area contributed by atoms with Gasteiger partial charge in [-0.15, -0.1) is 0 Å². The van der Waals surface area contributed by atoms with Gasteiger partial charge < -0.3 is 10.2 Å². The predicted molar refractivity (Wildman–Crippen MR) is 70.9 cm³/mol. The summed E-state index contributed by atoms with van der Waals surface area (Å²) in [6.07, 6.45) is 6.33. The minimum atomic E-state index is 0.248. The van der Waals surface area contributed by atoms with Gasteiger partial charge in [0, 0.05) is 36.7 Å². The molecular formula is C12H16BrN3O. The molecule has 1 aliphatic rings. The van der Waals surface area contributed by atoms with Crippen LogP contribution in [0, 0.1) is 0 Å². The lowest BCUT2D eigenvalue weighted by Gasteiger charge is -2.15. The van der Waals surface area contributed by atoms with Crippen molar-refractivity contribution in [3.8, 4) is 0 Å². The fourth-order valence-electron chi connectivity index (χ4n) is 1.95. The van der Waals surface area contributed by atoms with Crippen LogP contribution in [-0.2, 0) is 4.79 Å². The molecule has 0 aliphatic carbocycles.